The topological polar surface area (TPSA) is 64.7 Å². The molecule has 2 fully saturated rings. The van der Waals surface area contributed by atoms with E-state index in [9.17, 15) is 9.59 Å². The predicted molar refractivity (Wildman–Crippen MR) is 90.6 cm³/mol. The van der Waals surface area contributed by atoms with Crippen LogP contribution in [0.3, 0.4) is 0 Å². The third-order valence-corrected chi connectivity index (χ3v) is 4.36. The minimum Gasteiger partial charge on any atom is -0.372 e. The SMILES string of the molecule is O=C1CN(CC(=O)Nc2ccc(N3CCCCC3)cc2)CCN1. The summed E-state index contributed by atoms with van der Waals surface area (Å²) in [4.78, 5) is 27.6. The third kappa shape index (κ3) is 4.45. The molecule has 1 aromatic carbocycles. The first-order valence-corrected chi connectivity index (χ1v) is 8.35. The van der Waals surface area contributed by atoms with E-state index in [2.05, 4.69) is 27.7 Å². The molecule has 0 unspecified atom stereocenters. The van der Waals surface area contributed by atoms with Gasteiger partial charge in [0.2, 0.25) is 11.8 Å². The number of amides is 2. The molecule has 2 saturated heterocycles. The molecule has 0 aromatic heterocycles. The zero-order chi connectivity index (χ0) is 16.1. The summed E-state index contributed by atoms with van der Waals surface area (Å²) in [5.41, 5.74) is 2.02. The van der Waals surface area contributed by atoms with E-state index in [1.165, 1.54) is 24.9 Å². The molecule has 124 valence electrons. The molecule has 0 spiro atoms. The number of hydrogen-bond acceptors (Lipinski definition) is 4. The van der Waals surface area contributed by atoms with Gasteiger partial charge in [0.05, 0.1) is 13.1 Å². The molecule has 6 nitrogen and oxygen atoms in total. The average Bonchev–Trinajstić information content (AvgIpc) is 2.56. The number of anilines is 2. The van der Waals surface area contributed by atoms with Crippen molar-refractivity contribution in [2.24, 2.45) is 0 Å². The van der Waals surface area contributed by atoms with Gasteiger partial charge in [-0.3, -0.25) is 14.5 Å². The molecule has 23 heavy (non-hydrogen) atoms. The minimum atomic E-state index is -0.0783. The lowest BCUT2D eigenvalue weighted by Crippen LogP contribution is -2.49. The highest BCUT2D eigenvalue weighted by atomic mass is 16.2. The Bertz CT molecular complexity index is 552. The second-order valence-electron chi connectivity index (χ2n) is 6.20. The van der Waals surface area contributed by atoms with Crippen LogP contribution in [0.5, 0.6) is 0 Å². The number of nitrogens with one attached hydrogen (secondary N) is 2. The maximum atomic E-state index is 12.1. The Morgan fingerprint density at radius 1 is 1.09 bits per heavy atom. The first-order valence-electron chi connectivity index (χ1n) is 8.35. The van der Waals surface area contributed by atoms with Crippen LogP contribution in [0, 0.1) is 0 Å². The first kappa shape index (κ1) is 15.8. The van der Waals surface area contributed by atoms with Crippen molar-refractivity contribution in [3.63, 3.8) is 0 Å². The van der Waals surface area contributed by atoms with Crippen LogP contribution < -0.4 is 15.5 Å². The molecule has 0 radical (unpaired) electrons. The molecular formula is C17H24N4O2. The lowest BCUT2D eigenvalue weighted by atomic mass is 10.1. The van der Waals surface area contributed by atoms with E-state index >= 15 is 0 Å². The fourth-order valence-corrected chi connectivity index (χ4v) is 3.14. The van der Waals surface area contributed by atoms with Gasteiger partial charge in [0.1, 0.15) is 0 Å². The van der Waals surface area contributed by atoms with Crippen LogP contribution in [0.1, 0.15) is 19.3 Å². The van der Waals surface area contributed by atoms with Crippen LogP contribution in [0.15, 0.2) is 24.3 Å². The zero-order valence-corrected chi connectivity index (χ0v) is 13.4. The first-order chi connectivity index (χ1) is 11.2. The number of nitrogens with zero attached hydrogens (tertiary/aromatic N) is 2. The van der Waals surface area contributed by atoms with Crippen LogP contribution in [-0.4, -0.2) is 56.0 Å². The predicted octanol–water partition coefficient (Wildman–Crippen LogP) is 1.05. The second-order valence-corrected chi connectivity index (χ2v) is 6.20. The van der Waals surface area contributed by atoms with Crippen LogP contribution in [0.25, 0.3) is 0 Å². The molecule has 6 heteroatoms. The molecule has 0 bridgehead atoms. The van der Waals surface area contributed by atoms with E-state index in [4.69, 9.17) is 0 Å². The number of carbonyl (C=O) groups is 2. The van der Waals surface area contributed by atoms with Crippen molar-refractivity contribution in [2.45, 2.75) is 19.3 Å². The minimum absolute atomic E-state index is 0.0186. The monoisotopic (exact) mass is 316 g/mol. The summed E-state index contributed by atoms with van der Waals surface area (Å²) in [6.45, 7) is 4.10. The van der Waals surface area contributed by atoms with E-state index in [0.29, 0.717) is 19.6 Å². The fraction of sp³-hybridized carbons (Fsp3) is 0.529. The summed E-state index contributed by atoms with van der Waals surface area (Å²) in [6, 6.07) is 8.03. The van der Waals surface area contributed by atoms with Crippen molar-refractivity contribution in [3.05, 3.63) is 24.3 Å². The normalized spacial score (nSPS) is 19.3. The van der Waals surface area contributed by atoms with Crippen molar-refractivity contribution in [1.82, 2.24) is 10.2 Å². The average molecular weight is 316 g/mol. The summed E-state index contributed by atoms with van der Waals surface area (Å²) in [5.74, 6) is -0.0969. The molecular weight excluding hydrogens is 292 g/mol. The largest absolute Gasteiger partial charge is 0.372 e. The summed E-state index contributed by atoms with van der Waals surface area (Å²) in [7, 11) is 0. The van der Waals surface area contributed by atoms with Gasteiger partial charge in [-0.2, -0.15) is 0 Å². The van der Waals surface area contributed by atoms with E-state index in [1.807, 2.05) is 17.0 Å². The number of rotatable bonds is 4. The zero-order valence-electron chi connectivity index (χ0n) is 13.4. The molecule has 3 rings (SSSR count). The highest BCUT2D eigenvalue weighted by Crippen LogP contribution is 2.21. The standard InChI is InChI=1S/C17H24N4O2/c22-16-12-20(11-8-18-16)13-17(23)19-14-4-6-15(7-5-14)21-9-2-1-3-10-21/h4-7H,1-3,8-13H2,(H,18,22)(H,19,23). The summed E-state index contributed by atoms with van der Waals surface area (Å²) >= 11 is 0. The van der Waals surface area contributed by atoms with Crippen LogP contribution in [-0.2, 0) is 9.59 Å². The second kappa shape index (κ2) is 7.46. The van der Waals surface area contributed by atoms with E-state index < -0.39 is 0 Å². The van der Waals surface area contributed by atoms with Gasteiger partial charge in [-0.1, -0.05) is 0 Å². The van der Waals surface area contributed by atoms with Gasteiger partial charge in [-0.15, -0.1) is 0 Å². The molecule has 2 aliphatic heterocycles. The van der Waals surface area contributed by atoms with Gasteiger partial charge < -0.3 is 15.5 Å². The van der Waals surface area contributed by atoms with Crippen molar-refractivity contribution in [1.29, 1.82) is 0 Å². The Balaban J connectivity index is 1.51. The number of carbonyl (C=O) groups excluding carboxylic acids is 2. The third-order valence-electron chi connectivity index (χ3n) is 4.36. The Labute approximate surface area is 136 Å². The lowest BCUT2D eigenvalue weighted by Gasteiger charge is -2.29. The van der Waals surface area contributed by atoms with Gasteiger partial charge in [0.25, 0.3) is 0 Å². The van der Waals surface area contributed by atoms with E-state index in [-0.39, 0.29) is 18.4 Å². The van der Waals surface area contributed by atoms with Gasteiger partial charge >= 0.3 is 0 Å². The molecule has 2 aliphatic rings. The molecule has 1 aromatic rings. The number of piperazine rings is 1. The van der Waals surface area contributed by atoms with Crippen LogP contribution >= 0.6 is 0 Å². The van der Waals surface area contributed by atoms with Gasteiger partial charge in [-0.05, 0) is 43.5 Å². The highest BCUT2D eigenvalue weighted by molar-refractivity contribution is 5.93. The Morgan fingerprint density at radius 3 is 2.52 bits per heavy atom. The van der Waals surface area contributed by atoms with Gasteiger partial charge in [0, 0.05) is 37.6 Å². The summed E-state index contributed by atoms with van der Waals surface area (Å²) in [5, 5.41) is 5.66. The summed E-state index contributed by atoms with van der Waals surface area (Å²) in [6.07, 6.45) is 3.82. The van der Waals surface area contributed by atoms with Gasteiger partial charge in [0.15, 0.2) is 0 Å². The number of piperidine rings is 1. The Kier molecular flexibility index (Phi) is 5.12. The Morgan fingerprint density at radius 2 is 1.83 bits per heavy atom. The number of benzene rings is 1. The lowest BCUT2D eigenvalue weighted by molar-refractivity contribution is -0.125. The van der Waals surface area contributed by atoms with E-state index in [1.54, 1.807) is 0 Å². The maximum Gasteiger partial charge on any atom is 0.238 e. The van der Waals surface area contributed by atoms with Crippen molar-refractivity contribution < 1.29 is 9.59 Å². The van der Waals surface area contributed by atoms with E-state index in [0.717, 1.165) is 18.8 Å². The molecule has 0 atom stereocenters. The summed E-state index contributed by atoms with van der Waals surface area (Å²) < 4.78 is 0. The highest BCUT2D eigenvalue weighted by Gasteiger charge is 2.18. The van der Waals surface area contributed by atoms with Crippen molar-refractivity contribution in [3.8, 4) is 0 Å². The maximum absolute atomic E-state index is 12.1. The molecule has 0 aliphatic carbocycles. The van der Waals surface area contributed by atoms with Crippen LogP contribution in [0.2, 0.25) is 0 Å². The smallest absolute Gasteiger partial charge is 0.238 e. The van der Waals surface area contributed by atoms with Crippen molar-refractivity contribution >= 4 is 23.2 Å². The van der Waals surface area contributed by atoms with Gasteiger partial charge in [-0.25, -0.2) is 0 Å². The molecule has 2 amide bonds. The Hall–Kier alpha value is -2.08. The molecule has 2 N–H and O–H groups in total. The van der Waals surface area contributed by atoms with Crippen molar-refractivity contribution in [2.75, 3.05) is 49.5 Å². The quantitative estimate of drug-likeness (QED) is 0.871. The fourth-order valence-electron chi connectivity index (χ4n) is 3.14. The molecule has 2 heterocycles. The molecule has 0 saturated carbocycles. The van der Waals surface area contributed by atoms with Crippen LogP contribution in [0.4, 0.5) is 11.4 Å². The number of hydrogen-bond donors (Lipinski definition) is 2.